The molecule has 6 nitrogen and oxygen atoms in total. The number of hydrogen-bond donors (Lipinski definition) is 1. The summed E-state index contributed by atoms with van der Waals surface area (Å²) < 4.78 is 1.91. The highest BCUT2D eigenvalue weighted by atomic mass is 15.5. The van der Waals surface area contributed by atoms with Crippen LogP contribution in [0.3, 0.4) is 0 Å². The van der Waals surface area contributed by atoms with Crippen molar-refractivity contribution in [1.29, 1.82) is 0 Å². The molecule has 90 valence electrons. The van der Waals surface area contributed by atoms with Crippen LogP contribution in [-0.2, 0) is 13.1 Å². The molecule has 0 aromatic carbocycles. The summed E-state index contributed by atoms with van der Waals surface area (Å²) in [7, 11) is 0. The average molecular weight is 224 g/mol. The summed E-state index contributed by atoms with van der Waals surface area (Å²) >= 11 is 0. The normalized spacial score (nSPS) is 21.8. The van der Waals surface area contributed by atoms with Crippen LogP contribution in [-0.4, -0.2) is 44.2 Å². The van der Waals surface area contributed by atoms with Crippen LogP contribution < -0.4 is 5.73 Å². The van der Waals surface area contributed by atoms with Gasteiger partial charge in [0.05, 0.1) is 6.54 Å². The molecule has 0 spiro atoms. The van der Waals surface area contributed by atoms with Crippen LogP contribution >= 0.6 is 0 Å². The zero-order valence-corrected chi connectivity index (χ0v) is 9.84. The number of nitrogens with two attached hydrogens (primary N) is 1. The molecule has 2 N–H and O–H groups in total. The summed E-state index contributed by atoms with van der Waals surface area (Å²) in [5, 5.41) is 11.8. The molecule has 1 aliphatic heterocycles. The third-order valence-corrected chi connectivity index (χ3v) is 3.00. The van der Waals surface area contributed by atoms with E-state index in [4.69, 9.17) is 5.73 Å². The number of aryl methyl sites for hydroxylation is 1. The zero-order chi connectivity index (χ0) is 11.4. The van der Waals surface area contributed by atoms with Gasteiger partial charge in [-0.3, -0.25) is 4.90 Å². The second-order valence-electron chi connectivity index (χ2n) is 4.46. The molecule has 2 rings (SSSR count). The molecule has 1 fully saturated rings. The molecule has 0 bridgehead atoms. The van der Waals surface area contributed by atoms with E-state index in [1.54, 1.807) is 0 Å². The number of hydrogen-bond acceptors (Lipinski definition) is 5. The quantitative estimate of drug-likeness (QED) is 0.762. The molecule has 1 aromatic heterocycles. The Kier molecular flexibility index (Phi) is 3.84. The summed E-state index contributed by atoms with van der Waals surface area (Å²) in [6, 6.07) is 0.319. The van der Waals surface area contributed by atoms with Crippen LogP contribution in [0.2, 0.25) is 0 Å². The first-order valence-electron chi connectivity index (χ1n) is 6.02. The minimum absolute atomic E-state index is 0.319. The van der Waals surface area contributed by atoms with E-state index in [9.17, 15) is 0 Å². The second kappa shape index (κ2) is 5.36. The van der Waals surface area contributed by atoms with Gasteiger partial charge in [0, 0.05) is 25.7 Å². The van der Waals surface area contributed by atoms with Crippen molar-refractivity contribution in [2.45, 2.75) is 45.3 Å². The molecule has 16 heavy (non-hydrogen) atoms. The van der Waals surface area contributed by atoms with Gasteiger partial charge in [-0.05, 0) is 23.3 Å². The maximum absolute atomic E-state index is 5.87. The molecule has 0 radical (unpaired) electrons. The van der Waals surface area contributed by atoms with Crippen molar-refractivity contribution in [2.75, 3.05) is 13.1 Å². The fourth-order valence-electron chi connectivity index (χ4n) is 2.02. The molecule has 6 heteroatoms. The van der Waals surface area contributed by atoms with Crippen molar-refractivity contribution >= 4 is 0 Å². The molecule has 1 unspecified atom stereocenters. The third-order valence-electron chi connectivity index (χ3n) is 3.00. The summed E-state index contributed by atoms with van der Waals surface area (Å²) in [5.74, 6) is 0.961. The number of nitrogens with zero attached hydrogens (tertiary/aromatic N) is 5. The van der Waals surface area contributed by atoms with Crippen LogP contribution in [0.25, 0.3) is 0 Å². The Bertz CT molecular complexity index is 323. The Morgan fingerprint density at radius 1 is 1.50 bits per heavy atom. The molecule has 1 aliphatic rings. The first-order chi connectivity index (χ1) is 7.79. The Morgan fingerprint density at radius 2 is 2.38 bits per heavy atom. The lowest BCUT2D eigenvalue weighted by Gasteiger charge is -2.14. The zero-order valence-electron chi connectivity index (χ0n) is 9.84. The number of tetrazole rings is 1. The molecule has 1 atom stereocenters. The van der Waals surface area contributed by atoms with Crippen LogP contribution in [0.1, 0.15) is 32.0 Å². The lowest BCUT2D eigenvalue weighted by atomic mass is 10.3. The van der Waals surface area contributed by atoms with Crippen LogP contribution in [0.5, 0.6) is 0 Å². The maximum Gasteiger partial charge on any atom is 0.165 e. The molecular weight excluding hydrogens is 204 g/mol. The van der Waals surface area contributed by atoms with Gasteiger partial charge in [-0.1, -0.05) is 13.3 Å². The predicted molar refractivity (Wildman–Crippen MR) is 60.6 cm³/mol. The standard InChI is InChI=1S/C10H20N6/c1-2-3-5-16-10(12-13-14-16)8-15-6-4-9(11)7-15/h9H,2-8,11H2,1H3. The number of likely N-dealkylation sites (tertiary alicyclic amines) is 1. The van der Waals surface area contributed by atoms with E-state index in [-0.39, 0.29) is 0 Å². The van der Waals surface area contributed by atoms with Gasteiger partial charge in [0.1, 0.15) is 0 Å². The van der Waals surface area contributed by atoms with Crippen LogP contribution in [0.15, 0.2) is 0 Å². The number of aromatic nitrogens is 4. The van der Waals surface area contributed by atoms with Crippen LogP contribution in [0, 0.1) is 0 Å². The van der Waals surface area contributed by atoms with E-state index in [1.807, 2.05) is 4.68 Å². The van der Waals surface area contributed by atoms with Gasteiger partial charge in [0.2, 0.25) is 0 Å². The molecule has 1 saturated heterocycles. The van der Waals surface area contributed by atoms with Gasteiger partial charge in [-0.15, -0.1) is 5.10 Å². The van der Waals surface area contributed by atoms with Crippen molar-refractivity contribution in [3.05, 3.63) is 5.82 Å². The average Bonchev–Trinajstić information content (AvgIpc) is 2.86. The van der Waals surface area contributed by atoms with Crippen molar-refractivity contribution in [1.82, 2.24) is 25.1 Å². The summed E-state index contributed by atoms with van der Waals surface area (Å²) in [5.41, 5.74) is 5.87. The summed E-state index contributed by atoms with van der Waals surface area (Å²) in [4.78, 5) is 2.32. The molecule has 1 aromatic rings. The van der Waals surface area contributed by atoms with E-state index in [1.165, 1.54) is 0 Å². The Balaban J connectivity index is 1.90. The highest BCUT2D eigenvalue weighted by Gasteiger charge is 2.20. The van der Waals surface area contributed by atoms with Gasteiger partial charge in [-0.25, -0.2) is 4.68 Å². The fraction of sp³-hybridized carbons (Fsp3) is 0.900. The topological polar surface area (TPSA) is 72.9 Å². The van der Waals surface area contributed by atoms with Crippen molar-refractivity contribution in [3.63, 3.8) is 0 Å². The van der Waals surface area contributed by atoms with Gasteiger partial charge >= 0.3 is 0 Å². The lowest BCUT2D eigenvalue weighted by molar-refractivity contribution is 0.308. The largest absolute Gasteiger partial charge is 0.326 e. The first kappa shape index (κ1) is 11.5. The highest BCUT2D eigenvalue weighted by molar-refractivity contribution is 4.86. The fourth-order valence-corrected chi connectivity index (χ4v) is 2.02. The van der Waals surface area contributed by atoms with Gasteiger partial charge in [-0.2, -0.15) is 0 Å². The molecular formula is C10H20N6. The monoisotopic (exact) mass is 224 g/mol. The minimum Gasteiger partial charge on any atom is -0.326 e. The summed E-state index contributed by atoms with van der Waals surface area (Å²) in [6.45, 7) is 5.93. The van der Waals surface area contributed by atoms with Crippen LogP contribution in [0.4, 0.5) is 0 Å². The van der Waals surface area contributed by atoms with Crippen molar-refractivity contribution < 1.29 is 0 Å². The maximum atomic E-state index is 5.87. The molecule has 0 saturated carbocycles. The first-order valence-corrected chi connectivity index (χ1v) is 6.02. The van der Waals surface area contributed by atoms with E-state index in [2.05, 4.69) is 27.3 Å². The Labute approximate surface area is 95.8 Å². The number of unbranched alkanes of at least 4 members (excludes halogenated alkanes) is 1. The van der Waals surface area contributed by atoms with E-state index >= 15 is 0 Å². The van der Waals surface area contributed by atoms with Crippen molar-refractivity contribution in [3.8, 4) is 0 Å². The highest BCUT2D eigenvalue weighted by Crippen LogP contribution is 2.10. The van der Waals surface area contributed by atoms with Gasteiger partial charge in [0.15, 0.2) is 5.82 Å². The molecule has 0 amide bonds. The number of rotatable bonds is 5. The summed E-state index contributed by atoms with van der Waals surface area (Å²) in [6.07, 6.45) is 3.36. The van der Waals surface area contributed by atoms with Gasteiger partial charge in [0.25, 0.3) is 0 Å². The van der Waals surface area contributed by atoms with Gasteiger partial charge < -0.3 is 5.73 Å². The van der Waals surface area contributed by atoms with Crippen molar-refractivity contribution in [2.24, 2.45) is 5.73 Å². The Hall–Kier alpha value is -1.01. The molecule has 2 heterocycles. The van der Waals surface area contributed by atoms with E-state index in [0.29, 0.717) is 6.04 Å². The minimum atomic E-state index is 0.319. The van der Waals surface area contributed by atoms with E-state index < -0.39 is 0 Å². The van der Waals surface area contributed by atoms with E-state index in [0.717, 1.165) is 51.3 Å². The molecule has 0 aliphatic carbocycles. The third kappa shape index (κ3) is 2.76. The lowest BCUT2D eigenvalue weighted by Crippen LogP contribution is -2.27. The Morgan fingerprint density at radius 3 is 3.06 bits per heavy atom. The SMILES string of the molecule is CCCCn1nnnc1CN1CCC(N)C1. The smallest absolute Gasteiger partial charge is 0.165 e. The predicted octanol–water partition coefficient (Wildman–Crippen LogP) is 0.00620. The second-order valence-corrected chi connectivity index (χ2v) is 4.46.